The molecule has 2 aromatic carbocycles. The van der Waals surface area contributed by atoms with Crippen LogP contribution in [0.2, 0.25) is 0 Å². The molecular formula is C18H15FN4OS. The van der Waals surface area contributed by atoms with Gasteiger partial charge in [-0.05, 0) is 42.4 Å². The van der Waals surface area contributed by atoms with Crippen molar-refractivity contribution in [3.63, 3.8) is 0 Å². The molecule has 5 nitrogen and oxygen atoms in total. The molecule has 0 saturated heterocycles. The Morgan fingerprint density at radius 2 is 2.08 bits per heavy atom. The van der Waals surface area contributed by atoms with Gasteiger partial charge < -0.3 is 5.11 Å². The second-order valence-electron chi connectivity index (χ2n) is 5.24. The number of aromatic amines is 1. The third kappa shape index (κ3) is 3.41. The fraction of sp³-hybridized carbons (Fsp3) is 0.0556. The smallest absolute Gasteiger partial charge is 0.216 e. The second-order valence-corrected chi connectivity index (χ2v) is 5.62. The van der Waals surface area contributed by atoms with Crippen LogP contribution < -0.4 is 0 Å². The van der Waals surface area contributed by atoms with Crippen LogP contribution in [0.3, 0.4) is 0 Å². The number of allylic oxidation sites excluding steroid dienone is 1. The van der Waals surface area contributed by atoms with E-state index in [1.54, 1.807) is 30.3 Å². The summed E-state index contributed by atoms with van der Waals surface area (Å²) in [7, 11) is 0. The molecule has 3 aromatic rings. The molecule has 7 heteroatoms. The Labute approximate surface area is 148 Å². The first-order chi connectivity index (χ1) is 12.1. The molecule has 25 heavy (non-hydrogen) atoms. The van der Waals surface area contributed by atoms with E-state index in [1.165, 1.54) is 17.0 Å². The van der Waals surface area contributed by atoms with Gasteiger partial charge in [0.2, 0.25) is 4.77 Å². The summed E-state index contributed by atoms with van der Waals surface area (Å²) in [4.78, 5) is 0. The Morgan fingerprint density at radius 3 is 2.84 bits per heavy atom. The lowest BCUT2D eigenvalue weighted by Crippen LogP contribution is -1.97. The molecule has 0 spiro atoms. The molecule has 126 valence electrons. The van der Waals surface area contributed by atoms with E-state index in [9.17, 15) is 9.50 Å². The summed E-state index contributed by atoms with van der Waals surface area (Å²) >= 11 is 5.16. The summed E-state index contributed by atoms with van der Waals surface area (Å²) in [5.74, 6) is -0.0570. The third-order valence-electron chi connectivity index (χ3n) is 3.59. The average Bonchev–Trinajstić information content (AvgIpc) is 2.97. The summed E-state index contributed by atoms with van der Waals surface area (Å²) in [6.45, 7) is 3.67. The molecular weight excluding hydrogens is 339 g/mol. The van der Waals surface area contributed by atoms with Gasteiger partial charge in [0, 0.05) is 5.56 Å². The van der Waals surface area contributed by atoms with E-state index in [0.717, 1.165) is 5.56 Å². The quantitative estimate of drug-likeness (QED) is 0.412. The number of rotatable bonds is 5. The molecule has 0 saturated carbocycles. The molecule has 2 N–H and O–H groups in total. The van der Waals surface area contributed by atoms with Crippen molar-refractivity contribution in [3.8, 4) is 17.1 Å². The Morgan fingerprint density at radius 1 is 1.28 bits per heavy atom. The number of phenolic OH excluding ortho intramolecular Hbond substituents is 1. The molecule has 1 aromatic heterocycles. The average molecular weight is 354 g/mol. The van der Waals surface area contributed by atoms with Crippen LogP contribution in [0.1, 0.15) is 11.1 Å². The van der Waals surface area contributed by atoms with Gasteiger partial charge in [0.05, 0.1) is 11.8 Å². The van der Waals surface area contributed by atoms with E-state index < -0.39 is 5.82 Å². The largest absolute Gasteiger partial charge is 0.507 e. The van der Waals surface area contributed by atoms with Crippen molar-refractivity contribution in [2.24, 2.45) is 5.10 Å². The fourth-order valence-corrected chi connectivity index (χ4v) is 2.55. The lowest BCUT2D eigenvalue weighted by atomic mass is 10.1. The predicted octanol–water partition coefficient (Wildman–Crippen LogP) is 4.06. The normalized spacial score (nSPS) is 11.1. The molecule has 0 radical (unpaired) electrons. The van der Waals surface area contributed by atoms with Crippen LogP contribution in [0.25, 0.3) is 11.4 Å². The molecule has 0 aliphatic heterocycles. The van der Waals surface area contributed by atoms with Crippen LogP contribution in [0.15, 0.2) is 60.2 Å². The lowest BCUT2D eigenvalue weighted by Gasteiger charge is -2.05. The maximum absolute atomic E-state index is 14.0. The summed E-state index contributed by atoms with van der Waals surface area (Å²) in [5.41, 5.74) is 1.53. The van der Waals surface area contributed by atoms with Crippen LogP contribution >= 0.6 is 12.2 Å². The van der Waals surface area contributed by atoms with Crippen molar-refractivity contribution in [3.05, 3.63) is 76.8 Å². The molecule has 0 aliphatic rings. The second kappa shape index (κ2) is 7.23. The number of H-pyrrole nitrogens is 1. The number of hydrogen-bond acceptors (Lipinski definition) is 4. The SMILES string of the molecule is C=CCc1cccc(/C=N/n2c(-c3ccccc3F)n[nH]c2=S)c1O. The fourth-order valence-electron chi connectivity index (χ4n) is 2.37. The van der Waals surface area contributed by atoms with E-state index in [2.05, 4.69) is 21.9 Å². The van der Waals surface area contributed by atoms with E-state index in [-0.39, 0.29) is 21.9 Å². The van der Waals surface area contributed by atoms with Crippen molar-refractivity contribution >= 4 is 18.4 Å². The van der Waals surface area contributed by atoms with Gasteiger partial charge in [-0.2, -0.15) is 14.9 Å². The Hall–Kier alpha value is -3.06. The summed E-state index contributed by atoms with van der Waals surface area (Å²) < 4.78 is 15.6. The Kier molecular flexibility index (Phi) is 4.85. The predicted molar refractivity (Wildman–Crippen MR) is 97.8 cm³/mol. The minimum absolute atomic E-state index is 0.119. The Bertz CT molecular complexity index is 1010. The first-order valence-corrected chi connectivity index (χ1v) is 7.91. The first kappa shape index (κ1) is 16.8. The molecule has 0 bridgehead atoms. The van der Waals surface area contributed by atoms with Gasteiger partial charge in [-0.25, -0.2) is 9.49 Å². The van der Waals surface area contributed by atoms with Gasteiger partial charge in [-0.15, -0.1) is 6.58 Å². The van der Waals surface area contributed by atoms with E-state index >= 15 is 0 Å². The highest BCUT2D eigenvalue weighted by molar-refractivity contribution is 7.71. The van der Waals surface area contributed by atoms with E-state index in [4.69, 9.17) is 12.2 Å². The summed E-state index contributed by atoms with van der Waals surface area (Å²) in [6, 6.07) is 11.6. The molecule has 0 aliphatic carbocycles. The zero-order chi connectivity index (χ0) is 17.8. The summed E-state index contributed by atoms with van der Waals surface area (Å²) in [5, 5.41) is 21.2. The molecule has 0 fully saturated rings. The topological polar surface area (TPSA) is 66.2 Å². The van der Waals surface area contributed by atoms with Crippen LogP contribution in [0.4, 0.5) is 4.39 Å². The minimum Gasteiger partial charge on any atom is -0.507 e. The van der Waals surface area contributed by atoms with Crippen molar-refractivity contribution in [2.45, 2.75) is 6.42 Å². The minimum atomic E-state index is -0.427. The number of aromatic nitrogens is 3. The highest BCUT2D eigenvalue weighted by atomic mass is 32.1. The lowest BCUT2D eigenvalue weighted by molar-refractivity contribution is 0.469. The number of phenols is 1. The van der Waals surface area contributed by atoms with Crippen molar-refractivity contribution in [2.75, 3.05) is 0 Å². The molecule has 1 heterocycles. The van der Waals surface area contributed by atoms with Crippen molar-refractivity contribution in [1.29, 1.82) is 0 Å². The maximum Gasteiger partial charge on any atom is 0.216 e. The third-order valence-corrected chi connectivity index (χ3v) is 3.86. The monoisotopic (exact) mass is 354 g/mol. The molecule has 0 unspecified atom stereocenters. The van der Waals surface area contributed by atoms with E-state index in [1.807, 2.05) is 12.1 Å². The van der Waals surface area contributed by atoms with Crippen molar-refractivity contribution in [1.82, 2.24) is 14.9 Å². The maximum atomic E-state index is 14.0. The Balaban J connectivity index is 2.03. The van der Waals surface area contributed by atoms with Crippen LogP contribution in [0, 0.1) is 10.6 Å². The molecule has 3 rings (SSSR count). The number of aromatic hydroxyl groups is 1. The molecule has 0 atom stereocenters. The van der Waals surface area contributed by atoms with E-state index in [0.29, 0.717) is 12.0 Å². The highest BCUT2D eigenvalue weighted by Gasteiger charge is 2.12. The standard InChI is InChI=1S/C18H15FN4OS/c1-2-6-12-7-5-8-13(16(12)24)11-20-23-17(21-22-18(23)25)14-9-3-4-10-15(14)19/h2-5,7-11,24H,1,6H2,(H,22,25)/b20-11+. The number of nitrogens with one attached hydrogen (secondary N) is 1. The highest BCUT2D eigenvalue weighted by Crippen LogP contribution is 2.23. The van der Waals surface area contributed by atoms with Gasteiger partial charge in [0.1, 0.15) is 11.6 Å². The number of para-hydroxylation sites is 1. The zero-order valence-electron chi connectivity index (χ0n) is 13.2. The number of halogens is 1. The number of benzene rings is 2. The van der Waals surface area contributed by atoms with Gasteiger partial charge in [0.25, 0.3) is 0 Å². The number of hydrogen-bond donors (Lipinski definition) is 2. The van der Waals surface area contributed by atoms with Gasteiger partial charge >= 0.3 is 0 Å². The van der Waals surface area contributed by atoms with Gasteiger partial charge in [-0.3, -0.25) is 0 Å². The van der Waals surface area contributed by atoms with Crippen LogP contribution in [0.5, 0.6) is 5.75 Å². The van der Waals surface area contributed by atoms with Crippen LogP contribution in [-0.2, 0) is 6.42 Å². The molecule has 0 amide bonds. The van der Waals surface area contributed by atoms with Gasteiger partial charge in [-0.1, -0.05) is 30.3 Å². The van der Waals surface area contributed by atoms with Crippen molar-refractivity contribution < 1.29 is 9.50 Å². The summed E-state index contributed by atoms with van der Waals surface area (Å²) in [6.07, 6.45) is 3.70. The van der Waals surface area contributed by atoms with Gasteiger partial charge in [0.15, 0.2) is 5.82 Å². The number of nitrogens with zero attached hydrogens (tertiary/aromatic N) is 3. The zero-order valence-corrected chi connectivity index (χ0v) is 14.0. The first-order valence-electron chi connectivity index (χ1n) is 7.50. The van der Waals surface area contributed by atoms with Crippen LogP contribution in [-0.4, -0.2) is 26.2 Å².